The highest BCUT2D eigenvalue weighted by atomic mass is 19.2. The molecule has 0 heterocycles. The molecule has 1 fully saturated rings. The molecule has 0 bridgehead atoms. The van der Waals surface area contributed by atoms with Gasteiger partial charge in [-0.2, -0.15) is 8.78 Å². The van der Waals surface area contributed by atoms with Crippen LogP contribution in [0.3, 0.4) is 0 Å². The summed E-state index contributed by atoms with van der Waals surface area (Å²) in [4.78, 5) is 0. The first-order chi connectivity index (χ1) is 19.4. The Morgan fingerprint density at radius 2 is 1.27 bits per heavy atom. The van der Waals surface area contributed by atoms with E-state index in [4.69, 9.17) is 9.47 Å². The van der Waals surface area contributed by atoms with Crippen LogP contribution in [-0.2, 0) is 0 Å². The molecule has 40 heavy (non-hydrogen) atoms. The smallest absolute Gasteiger partial charge is 0.201 e. The molecule has 0 saturated heterocycles. The van der Waals surface area contributed by atoms with E-state index in [0.29, 0.717) is 30.6 Å². The average molecular weight is 557 g/mol. The fourth-order valence-corrected chi connectivity index (χ4v) is 5.49. The molecule has 0 aromatic heterocycles. The van der Waals surface area contributed by atoms with E-state index in [1.54, 1.807) is 18.2 Å². The molecule has 0 N–H and O–H groups in total. The normalized spacial score (nSPS) is 17.1. The molecule has 0 atom stereocenters. The average Bonchev–Trinajstić information content (AvgIpc) is 2.96. The van der Waals surface area contributed by atoms with E-state index in [-0.39, 0.29) is 35.5 Å². The zero-order valence-electron chi connectivity index (χ0n) is 23.6. The minimum Gasteiger partial charge on any atom is -0.490 e. The molecule has 3 aromatic rings. The van der Waals surface area contributed by atoms with Gasteiger partial charge in [0.2, 0.25) is 11.6 Å². The summed E-state index contributed by atoms with van der Waals surface area (Å²) in [6.45, 7) is 4.73. The van der Waals surface area contributed by atoms with Crippen molar-refractivity contribution in [3.8, 4) is 22.6 Å². The molecule has 0 aliphatic heterocycles. The van der Waals surface area contributed by atoms with Crippen molar-refractivity contribution < 1.29 is 27.0 Å². The van der Waals surface area contributed by atoms with Crippen molar-refractivity contribution in [3.05, 3.63) is 82.9 Å². The van der Waals surface area contributed by atoms with Crippen LogP contribution in [0.25, 0.3) is 11.1 Å². The lowest BCUT2D eigenvalue weighted by atomic mass is 9.79. The summed E-state index contributed by atoms with van der Waals surface area (Å²) in [6, 6.07) is 13.4. The fourth-order valence-electron chi connectivity index (χ4n) is 5.49. The fraction of sp³-hybridized carbons (Fsp3) is 0.471. The molecule has 1 aliphatic rings. The molecule has 2 nitrogen and oxygen atoms in total. The second-order valence-electron chi connectivity index (χ2n) is 11.0. The summed E-state index contributed by atoms with van der Waals surface area (Å²) >= 11 is 0. The zero-order valence-corrected chi connectivity index (χ0v) is 23.6. The molecule has 216 valence electrons. The summed E-state index contributed by atoms with van der Waals surface area (Å²) < 4.78 is 70.4. The van der Waals surface area contributed by atoms with E-state index in [2.05, 4.69) is 6.92 Å². The maximum absolute atomic E-state index is 14.9. The van der Waals surface area contributed by atoms with Crippen molar-refractivity contribution >= 4 is 0 Å². The van der Waals surface area contributed by atoms with Crippen LogP contribution in [0.15, 0.2) is 48.5 Å². The Kier molecular flexibility index (Phi) is 10.9. The number of unbranched alkanes of at least 4 members (excludes halogenated alkanes) is 5. The van der Waals surface area contributed by atoms with E-state index in [9.17, 15) is 17.6 Å². The van der Waals surface area contributed by atoms with Gasteiger partial charge in [-0.25, -0.2) is 8.78 Å². The van der Waals surface area contributed by atoms with Gasteiger partial charge in [0, 0.05) is 5.56 Å². The van der Waals surface area contributed by atoms with E-state index in [1.165, 1.54) is 37.5 Å². The number of rotatable bonds is 13. The first-order valence-electron chi connectivity index (χ1n) is 14.7. The summed E-state index contributed by atoms with van der Waals surface area (Å²) in [5, 5.41) is 0. The van der Waals surface area contributed by atoms with Crippen LogP contribution < -0.4 is 9.47 Å². The van der Waals surface area contributed by atoms with E-state index in [0.717, 1.165) is 37.7 Å². The topological polar surface area (TPSA) is 18.5 Å². The van der Waals surface area contributed by atoms with Crippen molar-refractivity contribution in [3.63, 3.8) is 0 Å². The van der Waals surface area contributed by atoms with Crippen molar-refractivity contribution in [2.75, 3.05) is 13.2 Å². The predicted molar refractivity (Wildman–Crippen MR) is 152 cm³/mol. The Balaban J connectivity index is 1.26. The molecule has 6 heteroatoms. The predicted octanol–water partition coefficient (Wildman–Crippen LogP) is 10.3. The van der Waals surface area contributed by atoms with Crippen LogP contribution >= 0.6 is 0 Å². The van der Waals surface area contributed by atoms with Crippen molar-refractivity contribution in [1.29, 1.82) is 0 Å². The summed E-state index contributed by atoms with van der Waals surface area (Å²) in [6.07, 6.45) is 9.39. The lowest BCUT2D eigenvalue weighted by Crippen LogP contribution is -2.20. The third kappa shape index (κ3) is 7.58. The minimum atomic E-state index is -0.997. The molecule has 1 aliphatic carbocycles. The Morgan fingerprint density at radius 1 is 0.650 bits per heavy atom. The van der Waals surface area contributed by atoms with Crippen LogP contribution in [0.4, 0.5) is 17.6 Å². The van der Waals surface area contributed by atoms with Crippen molar-refractivity contribution in [2.24, 2.45) is 5.92 Å². The zero-order chi connectivity index (χ0) is 28.5. The second kappa shape index (κ2) is 14.6. The molecule has 0 radical (unpaired) electrons. The van der Waals surface area contributed by atoms with Crippen LogP contribution in [0.2, 0.25) is 0 Å². The summed E-state index contributed by atoms with van der Waals surface area (Å²) in [7, 11) is 0. The van der Waals surface area contributed by atoms with Crippen LogP contribution in [0.1, 0.15) is 88.2 Å². The molecule has 3 aromatic carbocycles. The van der Waals surface area contributed by atoms with Gasteiger partial charge in [0.1, 0.15) is 0 Å². The van der Waals surface area contributed by atoms with Crippen LogP contribution in [0.5, 0.6) is 11.5 Å². The van der Waals surface area contributed by atoms with Crippen molar-refractivity contribution in [1.82, 2.24) is 0 Å². The number of hydrogen-bond donors (Lipinski definition) is 0. The Hall–Kier alpha value is -3.02. The quantitative estimate of drug-likeness (QED) is 0.154. The van der Waals surface area contributed by atoms with Crippen LogP contribution in [0, 0.1) is 36.1 Å². The molecule has 4 rings (SSSR count). The first-order valence-corrected chi connectivity index (χ1v) is 14.7. The van der Waals surface area contributed by atoms with Crippen molar-refractivity contribution in [2.45, 2.75) is 84.0 Å². The van der Waals surface area contributed by atoms with E-state index < -0.39 is 23.3 Å². The van der Waals surface area contributed by atoms with Gasteiger partial charge in [-0.1, -0.05) is 74.9 Å². The van der Waals surface area contributed by atoms with Crippen LogP contribution in [-0.4, -0.2) is 13.2 Å². The van der Waals surface area contributed by atoms with E-state index >= 15 is 0 Å². The highest BCUT2D eigenvalue weighted by Gasteiger charge is 2.27. The summed E-state index contributed by atoms with van der Waals surface area (Å²) in [5.41, 5.74) is 2.21. The van der Waals surface area contributed by atoms with Gasteiger partial charge in [-0.3, -0.25) is 0 Å². The van der Waals surface area contributed by atoms with Gasteiger partial charge in [0.25, 0.3) is 0 Å². The molecule has 0 spiro atoms. The van der Waals surface area contributed by atoms with Gasteiger partial charge in [0.15, 0.2) is 23.1 Å². The third-order valence-corrected chi connectivity index (χ3v) is 8.00. The number of aryl methyl sites for hydroxylation is 1. The lowest BCUT2D eigenvalue weighted by Gasteiger charge is -2.29. The highest BCUT2D eigenvalue weighted by Crippen LogP contribution is 2.39. The standard InChI is InChI=1S/C34H40F4O2/c1-3-4-5-6-7-8-21-39-29-19-17-28(31(35)33(29)37)26-15-11-24(12-16-26)22-40-30-20-18-27(32(36)34(30)38)25-13-9-23(2)10-14-25/h9-10,13-14,17-20,24,26H,3-8,11-12,15-16,21-22H2,1-2H3. The largest absolute Gasteiger partial charge is 0.490 e. The van der Waals surface area contributed by atoms with Gasteiger partial charge in [-0.15, -0.1) is 0 Å². The Morgan fingerprint density at radius 3 is 2.00 bits per heavy atom. The second-order valence-corrected chi connectivity index (χ2v) is 11.0. The number of hydrogen-bond acceptors (Lipinski definition) is 2. The SMILES string of the molecule is CCCCCCCCOc1ccc(C2CCC(COc3ccc(-c4ccc(C)cc4)c(F)c3F)CC2)c(F)c1F. The molecular weight excluding hydrogens is 516 g/mol. The molecule has 1 saturated carbocycles. The first kappa shape index (κ1) is 30.0. The maximum atomic E-state index is 14.9. The highest BCUT2D eigenvalue weighted by molar-refractivity contribution is 5.65. The van der Waals surface area contributed by atoms with Gasteiger partial charge in [-0.05, 0) is 80.2 Å². The number of benzene rings is 3. The van der Waals surface area contributed by atoms with Gasteiger partial charge in [0.05, 0.1) is 13.2 Å². The monoisotopic (exact) mass is 556 g/mol. The maximum Gasteiger partial charge on any atom is 0.201 e. The van der Waals surface area contributed by atoms with E-state index in [1.807, 2.05) is 19.1 Å². The Bertz CT molecular complexity index is 1230. The third-order valence-electron chi connectivity index (χ3n) is 8.00. The van der Waals surface area contributed by atoms with Gasteiger partial charge >= 0.3 is 0 Å². The molecular formula is C34H40F4O2. The molecule has 0 amide bonds. The number of halogens is 4. The summed E-state index contributed by atoms with van der Waals surface area (Å²) in [5.74, 6) is -3.78. The lowest BCUT2D eigenvalue weighted by molar-refractivity contribution is 0.191. The molecule has 0 unspecified atom stereocenters. The Labute approximate surface area is 235 Å². The number of ether oxygens (including phenoxy) is 2. The van der Waals surface area contributed by atoms with Gasteiger partial charge < -0.3 is 9.47 Å². The minimum absolute atomic E-state index is 0.0282.